The van der Waals surface area contributed by atoms with E-state index in [0.29, 0.717) is 12.2 Å². The Morgan fingerprint density at radius 2 is 2.38 bits per heavy atom. The van der Waals surface area contributed by atoms with Gasteiger partial charge in [-0.3, -0.25) is 4.79 Å². The Hall–Kier alpha value is -1.58. The lowest BCUT2D eigenvalue weighted by molar-refractivity contribution is -0.117. The van der Waals surface area contributed by atoms with Crippen molar-refractivity contribution in [3.8, 4) is 0 Å². The zero-order valence-corrected chi connectivity index (χ0v) is 7.23. The SMILES string of the molecule is Nc1ncccc1N1CCCC1=O. The lowest BCUT2D eigenvalue weighted by Crippen LogP contribution is -2.24. The maximum absolute atomic E-state index is 11.4. The predicted molar refractivity (Wildman–Crippen MR) is 50.2 cm³/mol. The first kappa shape index (κ1) is 8.04. The molecular weight excluding hydrogens is 166 g/mol. The average Bonchev–Trinajstić information content (AvgIpc) is 2.52. The van der Waals surface area contributed by atoms with Crippen molar-refractivity contribution < 1.29 is 4.79 Å². The molecule has 0 unspecified atom stereocenters. The molecule has 1 aliphatic rings. The number of anilines is 2. The highest BCUT2D eigenvalue weighted by molar-refractivity contribution is 5.97. The lowest BCUT2D eigenvalue weighted by Gasteiger charge is -2.16. The van der Waals surface area contributed by atoms with Gasteiger partial charge in [0.15, 0.2) is 0 Å². The van der Waals surface area contributed by atoms with Gasteiger partial charge in [0.05, 0.1) is 5.69 Å². The van der Waals surface area contributed by atoms with Crippen LogP contribution < -0.4 is 10.6 Å². The van der Waals surface area contributed by atoms with E-state index in [-0.39, 0.29) is 5.91 Å². The molecule has 0 aromatic carbocycles. The molecule has 1 fully saturated rings. The monoisotopic (exact) mass is 177 g/mol. The molecule has 2 heterocycles. The molecule has 1 amide bonds. The second kappa shape index (κ2) is 3.05. The summed E-state index contributed by atoms with van der Waals surface area (Å²) in [6.45, 7) is 0.759. The summed E-state index contributed by atoms with van der Waals surface area (Å²) in [4.78, 5) is 17.0. The molecule has 1 saturated heterocycles. The Balaban J connectivity index is 2.34. The van der Waals surface area contributed by atoms with Crippen LogP contribution in [-0.4, -0.2) is 17.4 Å². The first-order valence-electron chi connectivity index (χ1n) is 4.30. The zero-order chi connectivity index (χ0) is 9.26. The third-order valence-corrected chi connectivity index (χ3v) is 2.18. The maximum atomic E-state index is 11.4. The molecule has 4 nitrogen and oxygen atoms in total. The van der Waals surface area contributed by atoms with Gasteiger partial charge in [-0.1, -0.05) is 0 Å². The summed E-state index contributed by atoms with van der Waals surface area (Å²) < 4.78 is 0. The minimum atomic E-state index is 0.139. The second-order valence-corrected chi connectivity index (χ2v) is 3.06. The quantitative estimate of drug-likeness (QED) is 0.690. The van der Waals surface area contributed by atoms with Crippen LogP contribution in [-0.2, 0) is 4.79 Å². The fourth-order valence-corrected chi connectivity index (χ4v) is 1.54. The minimum absolute atomic E-state index is 0.139. The Bertz CT molecular complexity index is 337. The van der Waals surface area contributed by atoms with E-state index in [1.165, 1.54) is 0 Å². The lowest BCUT2D eigenvalue weighted by atomic mass is 10.3. The Morgan fingerprint density at radius 3 is 3.00 bits per heavy atom. The standard InChI is InChI=1S/C9H11N3O/c10-9-7(3-1-5-11-9)12-6-2-4-8(12)13/h1,3,5H,2,4,6H2,(H2,10,11). The van der Waals surface area contributed by atoms with Crippen LogP contribution in [0.3, 0.4) is 0 Å². The van der Waals surface area contributed by atoms with Gasteiger partial charge in [0, 0.05) is 19.2 Å². The van der Waals surface area contributed by atoms with Gasteiger partial charge in [0.2, 0.25) is 5.91 Å². The third-order valence-electron chi connectivity index (χ3n) is 2.18. The molecule has 1 aromatic rings. The van der Waals surface area contributed by atoms with Crippen LogP contribution in [0.15, 0.2) is 18.3 Å². The molecule has 0 bridgehead atoms. The molecule has 0 spiro atoms. The molecular formula is C9H11N3O. The van der Waals surface area contributed by atoms with Crippen LogP contribution in [0.5, 0.6) is 0 Å². The fraction of sp³-hybridized carbons (Fsp3) is 0.333. The zero-order valence-electron chi connectivity index (χ0n) is 7.23. The summed E-state index contributed by atoms with van der Waals surface area (Å²) in [6.07, 6.45) is 3.15. The van der Waals surface area contributed by atoms with Crippen molar-refractivity contribution in [2.24, 2.45) is 0 Å². The molecule has 2 rings (SSSR count). The van der Waals surface area contributed by atoms with Crippen LogP contribution >= 0.6 is 0 Å². The van der Waals surface area contributed by atoms with E-state index in [9.17, 15) is 4.79 Å². The molecule has 1 aliphatic heterocycles. The summed E-state index contributed by atoms with van der Waals surface area (Å²) in [5, 5.41) is 0. The van der Waals surface area contributed by atoms with Gasteiger partial charge in [-0.05, 0) is 18.6 Å². The van der Waals surface area contributed by atoms with E-state index in [0.717, 1.165) is 18.7 Å². The maximum Gasteiger partial charge on any atom is 0.227 e. The van der Waals surface area contributed by atoms with E-state index >= 15 is 0 Å². The number of pyridine rings is 1. The van der Waals surface area contributed by atoms with Gasteiger partial charge in [-0.15, -0.1) is 0 Å². The van der Waals surface area contributed by atoms with Crippen molar-refractivity contribution in [3.05, 3.63) is 18.3 Å². The molecule has 0 radical (unpaired) electrons. The number of hydrogen-bond donors (Lipinski definition) is 1. The first-order chi connectivity index (χ1) is 6.29. The van der Waals surface area contributed by atoms with Crippen molar-refractivity contribution in [1.29, 1.82) is 0 Å². The van der Waals surface area contributed by atoms with E-state index in [1.807, 2.05) is 6.07 Å². The molecule has 4 heteroatoms. The summed E-state index contributed by atoms with van der Waals surface area (Å²) in [7, 11) is 0. The molecule has 0 aliphatic carbocycles. The Kier molecular flexibility index (Phi) is 1.88. The van der Waals surface area contributed by atoms with Crippen molar-refractivity contribution in [2.45, 2.75) is 12.8 Å². The molecule has 13 heavy (non-hydrogen) atoms. The Labute approximate surface area is 76.4 Å². The second-order valence-electron chi connectivity index (χ2n) is 3.06. The summed E-state index contributed by atoms with van der Waals surface area (Å²) >= 11 is 0. The molecule has 1 aromatic heterocycles. The average molecular weight is 177 g/mol. The molecule has 68 valence electrons. The van der Waals surface area contributed by atoms with E-state index in [4.69, 9.17) is 5.73 Å². The van der Waals surface area contributed by atoms with Gasteiger partial charge < -0.3 is 10.6 Å². The number of hydrogen-bond acceptors (Lipinski definition) is 3. The number of amides is 1. The predicted octanol–water partition coefficient (Wildman–Crippen LogP) is 0.791. The molecule has 2 N–H and O–H groups in total. The number of aromatic nitrogens is 1. The van der Waals surface area contributed by atoms with Crippen molar-refractivity contribution >= 4 is 17.4 Å². The number of nitrogen functional groups attached to an aromatic ring is 1. The number of carbonyl (C=O) groups is 1. The van der Waals surface area contributed by atoms with Crippen LogP contribution in [0, 0.1) is 0 Å². The highest BCUT2D eigenvalue weighted by Crippen LogP contribution is 2.24. The van der Waals surface area contributed by atoms with E-state index < -0.39 is 0 Å². The normalized spacial score (nSPS) is 16.6. The number of rotatable bonds is 1. The number of carbonyl (C=O) groups excluding carboxylic acids is 1. The van der Waals surface area contributed by atoms with Crippen LogP contribution in [0.2, 0.25) is 0 Å². The van der Waals surface area contributed by atoms with Gasteiger partial charge in [-0.25, -0.2) is 4.98 Å². The summed E-state index contributed by atoms with van der Waals surface area (Å²) in [5.74, 6) is 0.567. The largest absolute Gasteiger partial charge is 0.382 e. The number of nitrogens with two attached hydrogens (primary N) is 1. The Morgan fingerprint density at radius 1 is 1.54 bits per heavy atom. The van der Waals surface area contributed by atoms with E-state index in [2.05, 4.69) is 4.98 Å². The van der Waals surface area contributed by atoms with Crippen molar-refractivity contribution in [3.63, 3.8) is 0 Å². The highest BCUT2D eigenvalue weighted by atomic mass is 16.2. The van der Waals surface area contributed by atoms with Gasteiger partial charge in [-0.2, -0.15) is 0 Å². The smallest absolute Gasteiger partial charge is 0.227 e. The summed E-state index contributed by atoms with van der Waals surface area (Å²) in [6, 6.07) is 3.61. The van der Waals surface area contributed by atoms with Crippen LogP contribution in [0.4, 0.5) is 11.5 Å². The van der Waals surface area contributed by atoms with Gasteiger partial charge >= 0.3 is 0 Å². The molecule has 0 saturated carbocycles. The van der Waals surface area contributed by atoms with Crippen molar-refractivity contribution in [1.82, 2.24) is 4.98 Å². The minimum Gasteiger partial charge on any atom is -0.382 e. The highest BCUT2D eigenvalue weighted by Gasteiger charge is 2.23. The summed E-state index contributed by atoms with van der Waals surface area (Å²) in [5.41, 5.74) is 6.40. The van der Waals surface area contributed by atoms with Gasteiger partial charge in [0.1, 0.15) is 5.82 Å². The molecule has 0 atom stereocenters. The fourth-order valence-electron chi connectivity index (χ4n) is 1.54. The van der Waals surface area contributed by atoms with Crippen LogP contribution in [0.25, 0.3) is 0 Å². The third kappa shape index (κ3) is 1.35. The van der Waals surface area contributed by atoms with Crippen LogP contribution in [0.1, 0.15) is 12.8 Å². The topological polar surface area (TPSA) is 59.2 Å². The van der Waals surface area contributed by atoms with Gasteiger partial charge in [0.25, 0.3) is 0 Å². The first-order valence-corrected chi connectivity index (χ1v) is 4.30. The van der Waals surface area contributed by atoms with Crippen molar-refractivity contribution in [2.75, 3.05) is 17.2 Å². The number of nitrogens with zero attached hydrogens (tertiary/aromatic N) is 2. The van der Waals surface area contributed by atoms with E-state index in [1.54, 1.807) is 17.2 Å².